The molecule has 0 amide bonds. The maximum Gasteiger partial charge on any atom is 0.319 e. The van der Waals surface area contributed by atoms with Crippen LogP contribution in [0.4, 0.5) is 0 Å². The van der Waals surface area contributed by atoms with E-state index in [1.165, 1.54) is 12.5 Å². The number of nitrogens with zero attached hydrogens (tertiary/aromatic N) is 3. The van der Waals surface area contributed by atoms with Gasteiger partial charge in [-0.3, -0.25) is 0 Å². The molecule has 0 saturated carbocycles. The Morgan fingerprint density at radius 1 is 1.85 bits per heavy atom. The first-order chi connectivity index (χ1) is 6.04. The van der Waals surface area contributed by atoms with Crippen molar-refractivity contribution in [1.82, 2.24) is 4.90 Å². The van der Waals surface area contributed by atoms with Gasteiger partial charge in [0, 0.05) is 24.4 Å². The largest absolute Gasteiger partial charge is 0.609 e. The first kappa shape index (κ1) is 12.0. The highest BCUT2D eigenvalue weighted by molar-refractivity contribution is 8.05. The lowest BCUT2D eigenvalue weighted by molar-refractivity contribution is 0.464. The van der Waals surface area contributed by atoms with Crippen molar-refractivity contribution in [3.05, 3.63) is 12.8 Å². The summed E-state index contributed by atoms with van der Waals surface area (Å²) in [5.41, 5.74) is 0. The van der Waals surface area contributed by atoms with Crippen molar-refractivity contribution in [2.45, 2.75) is 13.0 Å². The van der Waals surface area contributed by atoms with Gasteiger partial charge in [0.15, 0.2) is 0 Å². The second kappa shape index (κ2) is 5.62. The van der Waals surface area contributed by atoms with Crippen LogP contribution in [0.5, 0.6) is 0 Å². The molecule has 0 aliphatic heterocycles. The van der Waals surface area contributed by atoms with Gasteiger partial charge in [0.2, 0.25) is 0 Å². The predicted molar refractivity (Wildman–Crippen MR) is 54.5 cm³/mol. The van der Waals surface area contributed by atoms with Gasteiger partial charge in [-0.1, -0.05) is 6.58 Å². The lowest BCUT2D eigenvalue weighted by Gasteiger charge is -2.21. The molecule has 0 radical (unpaired) electrons. The van der Waals surface area contributed by atoms with Crippen LogP contribution in [0.25, 0.3) is 0 Å². The van der Waals surface area contributed by atoms with Crippen molar-refractivity contribution in [3.8, 4) is 6.07 Å². The van der Waals surface area contributed by atoms with E-state index in [0.29, 0.717) is 5.17 Å². The number of hydrogen-bond donors (Lipinski definition) is 0. The fourth-order valence-electron chi connectivity index (χ4n) is 0.698. The van der Waals surface area contributed by atoms with Gasteiger partial charge in [0.25, 0.3) is 0 Å². The Labute approximate surface area is 81.7 Å². The van der Waals surface area contributed by atoms with Gasteiger partial charge in [-0.25, -0.2) is 0 Å². The van der Waals surface area contributed by atoms with E-state index >= 15 is 0 Å². The summed E-state index contributed by atoms with van der Waals surface area (Å²) in [6.45, 7) is 5.13. The van der Waals surface area contributed by atoms with Crippen LogP contribution >= 0.6 is 0 Å². The summed E-state index contributed by atoms with van der Waals surface area (Å²) in [6.07, 6.45) is 2.83. The molecule has 0 rings (SSSR count). The molecular formula is C8H13N3OS. The molecule has 0 aromatic carbocycles. The molecule has 13 heavy (non-hydrogen) atoms. The summed E-state index contributed by atoms with van der Waals surface area (Å²) >= 11 is -1.20. The minimum Gasteiger partial charge on any atom is -0.609 e. The molecule has 2 atom stereocenters. The number of nitriles is 1. The first-order valence-corrected chi connectivity index (χ1v) is 5.25. The van der Waals surface area contributed by atoms with Gasteiger partial charge >= 0.3 is 5.17 Å². The summed E-state index contributed by atoms with van der Waals surface area (Å²) < 4.78 is 11.2. The predicted octanol–water partition coefficient (Wildman–Crippen LogP) is 0.708. The maximum atomic E-state index is 11.2. The Hall–Kier alpha value is -0.990. The Balaban J connectivity index is 4.68. The molecule has 5 heteroatoms. The molecule has 0 N–H and O–H groups in total. The molecule has 0 heterocycles. The highest BCUT2D eigenvalue weighted by Crippen LogP contribution is 2.02. The van der Waals surface area contributed by atoms with E-state index in [2.05, 4.69) is 11.6 Å². The zero-order valence-corrected chi connectivity index (χ0v) is 8.84. The third kappa shape index (κ3) is 3.49. The molecule has 0 aromatic heterocycles. The van der Waals surface area contributed by atoms with Crippen LogP contribution in [0.2, 0.25) is 0 Å². The van der Waals surface area contributed by atoms with Crippen molar-refractivity contribution in [3.63, 3.8) is 0 Å². The van der Waals surface area contributed by atoms with Crippen LogP contribution in [0.3, 0.4) is 0 Å². The standard InChI is InChI=1S/C8H13N3OS/c1-5-10-8(13(4)12)11(3)7(2)6-9/h5,7H,1H2,2-4H3/b10-8+. The van der Waals surface area contributed by atoms with E-state index in [0.717, 1.165) is 0 Å². The van der Waals surface area contributed by atoms with Gasteiger partial charge in [-0.15, -0.1) is 0 Å². The van der Waals surface area contributed by atoms with Gasteiger partial charge in [0.1, 0.15) is 12.3 Å². The normalized spacial score (nSPS) is 15.8. The van der Waals surface area contributed by atoms with E-state index in [1.807, 2.05) is 6.07 Å². The van der Waals surface area contributed by atoms with E-state index in [-0.39, 0.29) is 6.04 Å². The van der Waals surface area contributed by atoms with Crippen LogP contribution in [-0.4, -0.2) is 34.0 Å². The molecular weight excluding hydrogens is 186 g/mol. The smallest absolute Gasteiger partial charge is 0.319 e. The average Bonchev–Trinajstić information content (AvgIpc) is 2.11. The van der Waals surface area contributed by atoms with Crippen molar-refractivity contribution >= 4 is 16.3 Å². The Bertz CT molecular complexity index is 244. The fourth-order valence-corrected chi connectivity index (χ4v) is 1.49. The van der Waals surface area contributed by atoms with Crippen molar-refractivity contribution in [2.24, 2.45) is 4.99 Å². The summed E-state index contributed by atoms with van der Waals surface area (Å²) in [5, 5.41) is 9.00. The topological polar surface area (TPSA) is 62.5 Å². The van der Waals surface area contributed by atoms with Crippen LogP contribution in [-0.2, 0) is 11.2 Å². The minimum absolute atomic E-state index is 0.345. The Kier molecular flexibility index (Phi) is 5.19. The minimum atomic E-state index is -1.20. The second-order valence-corrected chi connectivity index (χ2v) is 3.74. The number of rotatable bonds is 2. The summed E-state index contributed by atoms with van der Waals surface area (Å²) in [5.74, 6) is 0. The first-order valence-electron chi connectivity index (χ1n) is 3.69. The summed E-state index contributed by atoms with van der Waals surface area (Å²) in [4.78, 5) is 5.42. The highest BCUT2D eigenvalue weighted by Gasteiger charge is 2.20. The monoisotopic (exact) mass is 199 g/mol. The third-order valence-electron chi connectivity index (χ3n) is 1.53. The number of hydrogen-bond acceptors (Lipinski definition) is 3. The molecule has 0 bridgehead atoms. The third-order valence-corrected chi connectivity index (χ3v) is 2.44. The van der Waals surface area contributed by atoms with Crippen LogP contribution in [0.1, 0.15) is 6.92 Å². The zero-order valence-electron chi connectivity index (χ0n) is 8.02. The molecule has 2 unspecified atom stereocenters. The SMILES string of the molecule is C=C/N=C(\N(C)C(C)C#N)[S+](C)[O-]. The second-order valence-electron chi connectivity index (χ2n) is 2.46. The summed E-state index contributed by atoms with van der Waals surface area (Å²) in [6, 6.07) is 1.69. The van der Waals surface area contributed by atoms with Gasteiger partial charge in [0.05, 0.1) is 6.07 Å². The van der Waals surface area contributed by atoms with Gasteiger partial charge in [-0.05, 0) is 6.92 Å². The molecule has 4 nitrogen and oxygen atoms in total. The van der Waals surface area contributed by atoms with E-state index < -0.39 is 11.2 Å². The van der Waals surface area contributed by atoms with E-state index in [1.54, 1.807) is 18.9 Å². The van der Waals surface area contributed by atoms with E-state index in [9.17, 15) is 4.55 Å². The lowest BCUT2D eigenvalue weighted by atomic mass is 10.4. The molecule has 72 valence electrons. The van der Waals surface area contributed by atoms with Crippen molar-refractivity contribution in [1.29, 1.82) is 5.26 Å². The molecule has 0 fully saturated rings. The molecule has 0 aromatic rings. The number of amidine groups is 1. The van der Waals surface area contributed by atoms with E-state index in [4.69, 9.17) is 5.26 Å². The van der Waals surface area contributed by atoms with Gasteiger partial charge in [-0.2, -0.15) is 10.3 Å². The molecule has 0 aliphatic rings. The Morgan fingerprint density at radius 3 is 2.69 bits per heavy atom. The van der Waals surface area contributed by atoms with Gasteiger partial charge < -0.3 is 9.45 Å². The van der Waals surface area contributed by atoms with Crippen LogP contribution < -0.4 is 0 Å². The van der Waals surface area contributed by atoms with Crippen molar-refractivity contribution in [2.75, 3.05) is 13.3 Å². The van der Waals surface area contributed by atoms with Crippen LogP contribution in [0.15, 0.2) is 17.8 Å². The van der Waals surface area contributed by atoms with Crippen LogP contribution in [0, 0.1) is 11.3 Å². The average molecular weight is 199 g/mol. The van der Waals surface area contributed by atoms with Crippen molar-refractivity contribution < 1.29 is 4.55 Å². The maximum absolute atomic E-state index is 11.2. The quantitative estimate of drug-likeness (QED) is 0.374. The zero-order chi connectivity index (χ0) is 10.4. The highest BCUT2D eigenvalue weighted by atomic mass is 32.2. The Morgan fingerprint density at radius 2 is 2.38 bits per heavy atom. The number of aliphatic imine (C=N–C) groups is 1. The molecule has 0 aliphatic carbocycles. The fraction of sp³-hybridized carbons (Fsp3) is 0.500. The molecule has 0 spiro atoms. The summed E-state index contributed by atoms with van der Waals surface area (Å²) in [7, 11) is 1.68. The molecule has 0 saturated heterocycles. The lowest BCUT2D eigenvalue weighted by Crippen LogP contribution is -2.38.